The zero-order chi connectivity index (χ0) is 35.1. The summed E-state index contributed by atoms with van der Waals surface area (Å²) in [5, 5.41) is 12.4. The molecule has 2 unspecified atom stereocenters. The molecule has 18 nitrogen and oxygen atoms in total. The van der Waals surface area contributed by atoms with Gasteiger partial charge in [-0.2, -0.15) is 0 Å². The first-order chi connectivity index (χ1) is 23.1. The van der Waals surface area contributed by atoms with Crippen LogP contribution in [-0.4, -0.2) is 124 Å². The van der Waals surface area contributed by atoms with Crippen molar-refractivity contribution in [2.75, 3.05) is 66.3 Å². The van der Waals surface area contributed by atoms with Crippen molar-refractivity contribution in [3.05, 3.63) is 36.5 Å². The van der Waals surface area contributed by atoms with Gasteiger partial charge < -0.3 is 36.1 Å². The fourth-order valence-corrected chi connectivity index (χ4v) is 4.24. The van der Waals surface area contributed by atoms with Crippen molar-refractivity contribution < 1.29 is 52.7 Å². The summed E-state index contributed by atoms with van der Waals surface area (Å²) in [6.45, 7) is -0.253. The van der Waals surface area contributed by atoms with Crippen LogP contribution in [0.4, 0.5) is 0 Å². The standard InChI is InChI=1S/C30H43N7O11/c1-46-36-27(42)20-34-30(45)22(17-21-5-3-2-4-6-21)35-26(41)19-33-25(40)18-32-24(39)10-13-47-15-16-48-14-11-31-23(38)9-12-37-28(43)7-8-29(37)44/h2-5,7-8,21-22H,6,9-20H2,1H3,(H,31,38)(H,32,39)(H,33,40)(H,34,45)(H,35,41)(H,36,42). The first-order valence-corrected chi connectivity index (χ1v) is 15.3. The number of nitrogens with zero attached hydrogens (tertiary/aromatic N) is 1. The van der Waals surface area contributed by atoms with Gasteiger partial charge in [-0.3, -0.25) is 48.1 Å². The lowest BCUT2D eigenvalue weighted by atomic mass is 9.93. The van der Waals surface area contributed by atoms with Crippen LogP contribution in [-0.2, 0) is 52.7 Å². The number of ether oxygens (including phenoxy) is 2. The molecule has 2 aliphatic rings. The molecule has 0 radical (unpaired) electrons. The van der Waals surface area contributed by atoms with Crippen molar-refractivity contribution in [3.8, 4) is 0 Å². The highest BCUT2D eigenvalue weighted by Crippen LogP contribution is 2.17. The van der Waals surface area contributed by atoms with E-state index in [-0.39, 0.29) is 83.7 Å². The summed E-state index contributed by atoms with van der Waals surface area (Å²) in [7, 11) is 1.25. The third-order valence-corrected chi connectivity index (χ3v) is 6.67. The molecule has 0 bridgehead atoms. The van der Waals surface area contributed by atoms with Gasteiger partial charge in [0.15, 0.2) is 0 Å². The van der Waals surface area contributed by atoms with Crippen molar-refractivity contribution in [2.24, 2.45) is 5.92 Å². The van der Waals surface area contributed by atoms with E-state index in [1.165, 1.54) is 7.11 Å². The zero-order valence-corrected chi connectivity index (χ0v) is 26.7. The van der Waals surface area contributed by atoms with Gasteiger partial charge in [0, 0.05) is 38.1 Å². The Morgan fingerprint density at radius 1 is 0.771 bits per heavy atom. The summed E-state index contributed by atoms with van der Waals surface area (Å²) in [4.78, 5) is 101. The molecule has 2 rings (SSSR count). The molecule has 2 atom stereocenters. The molecule has 0 spiro atoms. The summed E-state index contributed by atoms with van der Waals surface area (Å²) < 4.78 is 10.6. The number of imide groups is 1. The molecule has 18 heteroatoms. The Balaban J connectivity index is 1.52. The minimum atomic E-state index is -0.965. The predicted molar refractivity (Wildman–Crippen MR) is 167 cm³/mol. The summed E-state index contributed by atoms with van der Waals surface area (Å²) in [5.74, 6) is -4.08. The molecular formula is C30H43N7O11. The Morgan fingerprint density at radius 2 is 1.42 bits per heavy atom. The Bertz CT molecular complexity index is 1230. The minimum absolute atomic E-state index is 0.0000351. The number of allylic oxidation sites excluding steroid dienone is 4. The summed E-state index contributed by atoms with van der Waals surface area (Å²) >= 11 is 0. The lowest BCUT2D eigenvalue weighted by Gasteiger charge is -2.22. The normalized spacial score (nSPS) is 15.5. The lowest BCUT2D eigenvalue weighted by molar-refractivity contribution is -0.137. The maximum absolute atomic E-state index is 12.7. The highest BCUT2D eigenvalue weighted by atomic mass is 16.6. The topological polar surface area (TPSA) is 240 Å². The third-order valence-electron chi connectivity index (χ3n) is 6.67. The van der Waals surface area contributed by atoms with Gasteiger partial charge in [-0.05, 0) is 18.8 Å². The molecule has 0 saturated heterocycles. The fourth-order valence-electron chi connectivity index (χ4n) is 4.24. The smallest absolute Gasteiger partial charge is 0.262 e. The molecule has 8 amide bonds. The van der Waals surface area contributed by atoms with E-state index < -0.39 is 53.9 Å². The number of nitrogens with one attached hydrogen (secondary N) is 6. The van der Waals surface area contributed by atoms with E-state index in [2.05, 4.69) is 36.9 Å². The number of carbonyl (C=O) groups is 8. The Labute approximate surface area is 277 Å². The van der Waals surface area contributed by atoms with Crippen LogP contribution in [0.2, 0.25) is 0 Å². The van der Waals surface area contributed by atoms with Crippen LogP contribution >= 0.6 is 0 Å². The van der Waals surface area contributed by atoms with Gasteiger partial charge in [0.25, 0.3) is 17.7 Å². The van der Waals surface area contributed by atoms with Crippen molar-refractivity contribution in [3.63, 3.8) is 0 Å². The van der Waals surface area contributed by atoms with Gasteiger partial charge in [-0.25, -0.2) is 5.48 Å². The average molecular weight is 678 g/mol. The van der Waals surface area contributed by atoms with Crippen LogP contribution < -0.4 is 32.1 Å². The molecule has 1 aliphatic carbocycles. The zero-order valence-electron chi connectivity index (χ0n) is 26.7. The summed E-state index contributed by atoms with van der Waals surface area (Å²) in [6.07, 6.45) is 10.8. The number of hydroxylamine groups is 1. The number of amides is 8. The molecule has 0 aromatic heterocycles. The molecule has 0 fully saturated rings. The molecule has 48 heavy (non-hydrogen) atoms. The van der Waals surface area contributed by atoms with E-state index in [4.69, 9.17) is 9.47 Å². The van der Waals surface area contributed by atoms with Crippen LogP contribution in [0.25, 0.3) is 0 Å². The molecule has 0 saturated carbocycles. The van der Waals surface area contributed by atoms with Crippen molar-refractivity contribution >= 4 is 47.3 Å². The SMILES string of the molecule is CONC(=O)CNC(=O)C(CC1C=CC=CC1)NC(=O)CNC(=O)CNC(=O)CCOCCOCCNC(=O)CCN1C(=O)C=CC1=O. The highest BCUT2D eigenvalue weighted by molar-refractivity contribution is 6.13. The largest absolute Gasteiger partial charge is 0.379 e. The lowest BCUT2D eigenvalue weighted by Crippen LogP contribution is -2.52. The van der Waals surface area contributed by atoms with Gasteiger partial charge in [-0.15, -0.1) is 0 Å². The third kappa shape index (κ3) is 16.6. The second-order valence-corrected chi connectivity index (χ2v) is 10.4. The number of carbonyl (C=O) groups excluding carboxylic acids is 8. The fraction of sp³-hybridized carbons (Fsp3) is 0.533. The van der Waals surface area contributed by atoms with E-state index in [0.29, 0.717) is 6.42 Å². The average Bonchev–Trinajstić information content (AvgIpc) is 3.39. The quantitative estimate of drug-likeness (QED) is 0.0359. The van der Waals surface area contributed by atoms with Crippen LogP contribution in [0, 0.1) is 5.92 Å². The van der Waals surface area contributed by atoms with Crippen molar-refractivity contribution in [2.45, 2.75) is 31.7 Å². The van der Waals surface area contributed by atoms with Gasteiger partial charge in [0.2, 0.25) is 29.5 Å². The highest BCUT2D eigenvalue weighted by Gasteiger charge is 2.25. The van der Waals surface area contributed by atoms with E-state index in [1.54, 1.807) is 0 Å². The van der Waals surface area contributed by atoms with E-state index >= 15 is 0 Å². The van der Waals surface area contributed by atoms with Crippen molar-refractivity contribution in [1.82, 2.24) is 37.0 Å². The first kappa shape index (κ1) is 39.2. The first-order valence-electron chi connectivity index (χ1n) is 15.3. The number of hydrogen-bond donors (Lipinski definition) is 6. The van der Waals surface area contributed by atoms with Crippen LogP contribution in [0.5, 0.6) is 0 Å². The van der Waals surface area contributed by atoms with Gasteiger partial charge in [0.05, 0.1) is 53.2 Å². The maximum Gasteiger partial charge on any atom is 0.262 e. The number of hydrogen-bond acceptors (Lipinski definition) is 11. The molecular weight excluding hydrogens is 634 g/mol. The van der Waals surface area contributed by atoms with Gasteiger partial charge >= 0.3 is 0 Å². The maximum atomic E-state index is 12.7. The monoisotopic (exact) mass is 677 g/mol. The van der Waals surface area contributed by atoms with Crippen LogP contribution in [0.1, 0.15) is 25.7 Å². The van der Waals surface area contributed by atoms with Gasteiger partial charge in [0.1, 0.15) is 6.04 Å². The number of rotatable bonds is 23. The Hall–Kier alpha value is -4.94. The van der Waals surface area contributed by atoms with E-state index in [9.17, 15) is 38.4 Å². The molecule has 1 heterocycles. The second kappa shape index (κ2) is 22.6. The molecule has 0 aromatic rings. The minimum Gasteiger partial charge on any atom is -0.379 e. The molecule has 0 aromatic carbocycles. The van der Waals surface area contributed by atoms with E-state index in [1.807, 2.05) is 24.3 Å². The van der Waals surface area contributed by atoms with Crippen molar-refractivity contribution in [1.29, 1.82) is 0 Å². The summed E-state index contributed by atoms with van der Waals surface area (Å²) in [6, 6.07) is -0.965. The van der Waals surface area contributed by atoms with Gasteiger partial charge in [-0.1, -0.05) is 24.3 Å². The van der Waals surface area contributed by atoms with E-state index in [0.717, 1.165) is 17.1 Å². The Kier molecular flexibility index (Phi) is 18.4. The molecule has 6 N–H and O–H groups in total. The predicted octanol–water partition coefficient (Wildman–Crippen LogP) is -3.13. The van der Waals surface area contributed by atoms with Crippen LogP contribution in [0.3, 0.4) is 0 Å². The molecule has 1 aliphatic heterocycles. The van der Waals surface area contributed by atoms with Crippen LogP contribution in [0.15, 0.2) is 36.5 Å². The second-order valence-electron chi connectivity index (χ2n) is 10.4. The Morgan fingerprint density at radius 3 is 2.10 bits per heavy atom. The molecule has 264 valence electrons. The summed E-state index contributed by atoms with van der Waals surface area (Å²) in [5.41, 5.74) is 2.08.